The zero-order chi connectivity index (χ0) is 18.8. The summed E-state index contributed by atoms with van der Waals surface area (Å²) >= 11 is 0. The van der Waals surface area contributed by atoms with Crippen molar-refractivity contribution in [3.05, 3.63) is 23.4 Å². The monoisotopic (exact) mass is 348 g/mol. The summed E-state index contributed by atoms with van der Waals surface area (Å²) in [6.07, 6.45) is 7.74. The Morgan fingerprint density at radius 1 is 1.20 bits per heavy atom. The molecular weight excluding hydrogens is 311 g/mol. The predicted octanol–water partition coefficient (Wildman–Crippen LogP) is 5.56. The first kappa shape index (κ1) is 20.6. The van der Waals surface area contributed by atoms with Gasteiger partial charge in [0, 0.05) is 5.92 Å². The maximum Gasteiger partial charge on any atom is 0.490 e. The molecule has 1 saturated heterocycles. The predicted molar refractivity (Wildman–Crippen MR) is 105 cm³/mol. The van der Waals surface area contributed by atoms with E-state index in [0.717, 1.165) is 25.9 Å². The first-order valence-corrected chi connectivity index (χ1v) is 9.91. The van der Waals surface area contributed by atoms with E-state index in [2.05, 4.69) is 67.5 Å². The summed E-state index contributed by atoms with van der Waals surface area (Å²) < 4.78 is 18.6. The largest absolute Gasteiger partial charge is 0.498 e. The Kier molecular flexibility index (Phi) is 6.48. The summed E-state index contributed by atoms with van der Waals surface area (Å²) in [5, 5.41) is 0. The summed E-state index contributed by atoms with van der Waals surface area (Å²) in [6, 6.07) is 0. The molecule has 0 radical (unpaired) electrons. The quantitative estimate of drug-likeness (QED) is 0.465. The van der Waals surface area contributed by atoms with E-state index in [9.17, 15) is 0 Å². The molecule has 0 spiro atoms. The topological polar surface area (TPSA) is 27.7 Å². The van der Waals surface area contributed by atoms with Crippen molar-refractivity contribution in [2.75, 3.05) is 6.61 Å². The van der Waals surface area contributed by atoms with Crippen LogP contribution in [0.3, 0.4) is 0 Å². The summed E-state index contributed by atoms with van der Waals surface area (Å²) in [6.45, 7) is 18.1. The Balaban J connectivity index is 2.03. The zero-order valence-electron chi connectivity index (χ0n) is 17.5. The van der Waals surface area contributed by atoms with Crippen molar-refractivity contribution in [3.63, 3.8) is 0 Å². The number of ether oxygens (including phenoxy) is 1. The summed E-state index contributed by atoms with van der Waals surface area (Å²) in [7, 11) is -0.194. The van der Waals surface area contributed by atoms with E-state index >= 15 is 0 Å². The normalized spacial score (nSPS) is 26.3. The van der Waals surface area contributed by atoms with Gasteiger partial charge in [-0.1, -0.05) is 33.8 Å². The molecule has 0 aromatic heterocycles. The third kappa shape index (κ3) is 5.13. The summed E-state index contributed by atoms with van der Waals surface area (Å²) in [5.41, 5.74) is 0.763. The lowest BCUT2D eigenvalue weighted by Crippen LogP contribution is -2.41. The van der Waals surface area contributed by atoms with Gasteiger partial charge in [0.05, 0.1) is 23.6 Å². The molecule has 0 N–H and O–H groups in total. The van der Waals surface area contributed by atoms with Crippen molar-refractivity contribution in [1.82, 2.24) is 0 Å². The van der Waals surface area contributed by atoms with Gasteiger partial charge >= 0.3 is 7.12 Å². The molecular formula is C21H37BO3. The van der Waals surface area contributed by atoms with E-state index in [0.29, 0.717) is 17.8 Å². The molecule has 1 aliphatic heterocycles. The molecule has 142 valence electrons. The molecule has 1 aliphatic carbocycles. The van der Waals surface area contributed by atoms with E-state index in [4.69, 9.17) is 14.0 Å². The molecule has 2 rings (SSSR count). The van der Waals surface area contributed by atoms with Crippen LogP contribution < -0.4 is 0 Å². The first-order chi connectivity index (χ1) is 11.5. The summed E-state index contributed by atoms with van der Waals surface area (Å²) in [4.78, 5) is 0. The summed E-state index contributed by atoms with van der Waals surface area (Å²) in [5.74, 6) is 2.71. The second kappa shape index (κ2) is 7.88. The fourth-order valence-corrected chi connectivity index (χ4v) is 3.21. The average molecular weight is 348 g/mol. The molecule has 3 nitrogen and oxygen atoms in total. The molecule has 4 heteroatoms. The van der Waals surface area contributed by atoms with E-state index in [1.54, 1.807) is 0 Å². The molecule has 0 bridgehead atoms. The van der Waals surface area contributed by atoms with Crippen LogP contribution in [0.1, 0.15) is 74.7 Å². The number of allylic oxidation sites excluding steroid dienone is 4. The third-order valence-electron chi connectivity index (χ3n) is 5.49. The van der Waals surface area contributed by atoms with Crippen molar-refractivity contribution >= 4 is 7.12 Å². The van der Waals surface area contributed by atoms with Crippen LogP contribution in [0.15, 0.2) is 23.4 Å². The van der Waals surface area contributed by atoms with E-state index in [-0.39, 0.29) is 18.3 Å². The van der Waals surface area contributed by atoms with E-state index in [1.165, 1.54) is 11.2 Å². The van der Waals surface area contributed by atoms with Crippen LogP contribution in [-0.2, 0) is 14.0 Å². The lowest BCUT2D eigenvalue weighted by atomic mass is 9.70. The SMILES string of the molecule is CC(C)/C=C(\OCC(C)C)C1CC=C(B2OC(C)(C)C(C)(C)O2)CC1. The van der Waals surface area contributed by atoms with E-state index < -0.39 is 0 Å². The van der Waals surface area contributed by atoms with Gasteiger partial charge in [0.15, 0.2) is 0 Å². The molecule has 2 aliphatic rings. The molecule has 0 aromatic rings. The minimum atomic E-state index is -0.265. The van der Waals surface area contributed by atoms with Gasteiger partial charge in [-0.3, -0.25) is 0 Å². The van der Waals surface area contributed by atoms with Crippen LogP contribution >= 0.6 is 0 Å². The zero-order valence-corrected chi connectivity index (χ0v) is 17.5. The molecule has 25 heavy (non-hydrogen) atoms. The Bertz CT molecular complexity index is 501. The highest BCUT2D eigenvalue weighted by Gasteiger charge is 2.52. The van der Waals surface area contributed by atoms with Crippen LogP contribution in [0.2, 0.25) is 0 Å². The molecule has 1 fully saturated rings. The van der Waals surface area contributed by atoms with Crippen LogP contribution in [-0.4, -0.2) is 24.9 Å². The Morgan fingerprint density at radius 3 is 2.24 bits per heavy atom. The standard InChI is InChI=1S/C21H37BO3/c1-15(2)13-19(23-14-16(3)4)17-9-11-18(12-10-17)22-24-20(5,6)21(7,8)25-22/h11,13,15-17H,9-10,12,14H2,1-8H3/b19-13-. The highest BCUT2D eigenvalue weighted by Crippen LogP contribution is 2.41. The molecule has 0 amide bonds. The van der Waals surface area contributed by atoms with Crippen molar-refractivity contribution in [2.24, 2.45) is 17.8 Å². The second-order valence-corrected chi connectivity index (χ2v) is 9.36. The Labute approximate surface area is 155 Å². The van der Waals surface area contributed by atoms with Crippen molar-refractivity contribution < 1.29 is 14.0 Å². The lowest BCUT2D eigenvalue weighted by molar-refractivity contribution is 0.00578. The fourth-order valence-electron chi connectivity index (χ4n) is 3.21. The van der Waals surface area contributed by atoms with Gasteiger partial charge in [-0.25, -0.2) is 0 Å². The van der Waals surface area contributed by atoms with Crippen LogP contribution in [0.5, 0.6) is 0 Å². The lowest BCUT2D eigenvalue weighted by Gasteiger charge is -2.32. The fraction of sp³-hybridized carbons (Fsp3) is 0.810. The van der Waals surface area contributed by atoms with Crippen LogP contribution in [0.4, 0.5) is 0 Å². The van der Waals surface area contributed by atoms with Crippen molar-refractivity contribution in [2.45, 2.75) is 85.9 Å². The second-order valence-electron chi connectivity index (χ2n) is 9.36. The molecule has 0 aromatic carbocycles. The van der Waals surface area contributed by atoms with Crippen molar-refractivity contribution in [1.29, 1.82) is 0 Å². The third-order valence-corrected chi connectivity index (χ3v) is 5.49. The molecule has 1 heterocycles. The smallest absolute Gasteiger partial charge is 0.490 e. The van der Waals surface area contributed by atoms with Gasteiger partial charge in [0.25, 0.3) is 0 Å². The van der Waals surface area contributed by atoms with Gasteiger partial charge in [-0.05, 0) is 70.3 Å². The number of hydrogen-bond donors (Lipinski definition) is 0. The maximum absolute atomic E-state index is 6.21. The first-order valence-electron chi connectivity index (χ1n) is 9.91. The maximum atomic E-state index is 6.21. The van der Waals surface area contributed by atoms with Gasteiger partial charge in [-0.2, -0.15) is 0 Å². The number of hydrogen-bond acceptors (Lipinski definition) is 3. The highest BCUT2D eigenvalue weighted by molar-refractivity contribution is 6.54. The van der Waals surface area contributed by atoms with Gasteiger partial charge < -0.3 is 14.0 Å². The molecule has 1 atom stereocenters. The van der Waals surface area contributed by atoms with Gasteiger partial charge in [-0.15, -0.1) is 0 Å². The van der Waals surface area contributed by atoms with Gasteiger partial charge in [0.1, 0.15) is 0 Å². The minimum absolute atomic E-state index is 0.194. The van der Waals surface area contributed by atoms with Crippen LogP contribution in [0, 0.1) is 17.8 Å². The number of rotatable bonds is 6. The molecule has 1 unspecified atom stereocenters. The Morgan fingerprint density at radius 2 is 1.80 bits per heavy atom. The average Bonchev–Trinajstić information content (AvgIpc) is 2.71. The Hall–Kier alpha value is -0.735. The van der Waals surface area contributed by atoms with Crippen molar-refractivity contribution in [3.8, 4) is 0 Å². The van der Waals surface area contributed by atoms with E-state index in [1.807, 2.05) is 0 Å². The highest BCUT2D eigenvalue weighted by atomic mass is 16.7. The van der Waals surface area contributed by atoms with Gasteiger partial charge in [0.2, 0.25) is 0 Å². The molecule has 0 saturated carbocycles. The minimum Gasteiger partial charge on any atom is -0.498 e. The van der Waals surface area contributed by atoms with Crippen LogP contribution in [0.25, 0.3) is 0 Å².